The van der Waals surface area contributed by atoms with Crippen LogP contribution in [0.1, 0.15) is 44.2 Å². The Morgan fingerprint density at radius 2 is 1.74 bits per heavy atom. The SMILES string of the molecule is CCC.c1ccc(COc2cccc(CC3CCCN3)c2)cc1. The third kappa shape index (κ3) is 6.45. The smallest absolute Gasteiger partial charge is 0.120 e. The van der Waals surface area contributed by atoms with Crippen LogP contribution in [-0.4, -0.2) is 12.6 Å². The summed E-state index contributed by atoms with van der Waals surface area (Å²) in [5, 5.41) is 3.54. The molecule has 2 aromatic carbocycles. The summed E-state index contributed by atoms with van der Waals surface area (Å²) >= 11 is 0. The highest BCUT2D eigenvalue weighted by atomic mass is 16.5. The van der Waals surface area contributed by atoms with Gasteiger partial charge in [0.05, 0.1) is 0 Å². The highest BCUT2D eigenvalue weighted by Crippen LogP contribution is 2.18. The van der Waals surface area contributed by atoms with Crippen molar-refractivity contribution in [3.05, 3.63) is 65.7 Å². The molecule has 0 radical (unpaired) electrons. The summed E-state index contributed by atoms with van der Waals surface area (Å²) in [5.41, 5.74) is 2.56. The zero-order valence-electron chi connectivity index (χ0n) is 14.4. The fraction of sp³-hybridized carbons (Fsp3) is 0.429. The van der Waals surface area contributed by atoms with Gasteiger partial charge in [0.15, 0.2) is 0 Å². The molecule has 0 spiro atoms. The van der Waals surface area contributed by atoms with Gasteiger partial charge < -0.3 is 10.1 Å². The standard InChI is InChI=1S/C18H21NO.C3H8/c1-2-6-15(7-3-1)14-20-18-10-4-8-16(13-18)12-17-9-5-11-19-17;1-3-2/h1-4,6-8,10,13,17,19H,5,9,11-12,14H2;3H2,1-2H3. The van der Waals surface area contributed by atoms with E-state index in [0.717, 1.165) is 18.7 Å². The van der Waals surface area contributed by atoms with Crippen LogP contribution >= 0.6 is 0 Å². The quantitative estimate of drug-likeness (QED) is 0.841. The third-order valence-electron chi connectivity index (χ3n) is 3.79. The van der Waals surface area contributed by atoms with Gasteiger partial charge in [-0.15, -0.1) is 0 Å². The Balaban J connectivity index is 0.000000595. The van der Waals surface area contributed by atoms with Gasteiger partial charge in [-0.3, -0.25) is 0 Å². The summed E-state index contributed by atoms with van der Waals surface area (Å²) < 4.78 is 5.88. The Labute approximate surface area is 140 Å². The van der Waals surface area contributed by atoms with Crippen LogP contribution in [0.2, 0.25) is 0 Å². The van der Waals surface area contributed by atoms with Gasteiger partial charge in [0.2, 0.25) is 0 Å². The van der Waals surface area contributed by atoms with Crippen molar-refractivity contribution in [1.29, 1.82) is 0 Å². The van der Waals surface area contributed by atoms with Crippen molar-refractivity contribution >= 4 is 0 Å². The lowest BCUT2D eigenvalue weighted by molar-refractivity contribution is 0.306. The van der Waals surface area contributed by atoms with Crippen LogP contribution < -0.4 is 10.1 Å². The molecule has 1 N–H and O–H groups in total. The van der Waals surface area contributed by atoms with Crippen molar-refractivity contribution in [3.63, 3.8) is 0 Å². The topological polar surface area (TPSA) is 21.3 Å². The number of hydrogen-bond acceptors (Lipinski definition) is 2. The Morgan fingerprint density at radius 3 is 2.43 bits per heavy atom. The average molecular weight is 311 g/mol. The van der Waals surface area contributed by atoms with Gasteiger partial charge in [0, 0.05) is 6.04 Å². The summed E-state index contributed by atoms with van der Waals surface area (Å²) in [6.07, 6.45) is 4.94. The van der Waals surface area contributed by atoms with E-state index in [9.17, 15) is 0 Å². The van der Waals surface area contributed by atoms with E-state index in [-0.39, 0.29) is 0 Å². The van der Waals surface area contributed by atoms with Crippen molar-refractivity contribution in [1.82, 2.24) is 5.32 Å². The van der Waals surface area contributed by atoms with E-state index in [1.165, 1.54) is 30.4 Å². The Morgan fingerprint density at radius 1 is 1.00 bits per heavy atom. The van der Waals surface area contributed by atoms with E-state index in [0.29, 0.717) is 12.6 Å². The van der Waals surface area contributed by atoms with Gasteiger partial charge in [0.1, 0.15) is 12.4 Å². The number of hydrogen-bond donors (Lipinski definition) is 1. The molecule has 3 rings (SSSR count). The van der Waals surface area contributed by atoms with Crippen LogP contribution in [0.4, 0.5) is 0 Å². The molecule has 0 aliphatic carbocycles. The molecule has 23 heavy (non-hydrogen) atoms. The van der Waals surface area contributed by atoms with Crippen LogP contribution in [0.3, 0.4) is 0 Å². The van der Waals surface area contributed by atoms with Crippen LogP contribution in [0.25, 0.3) is 0 Å². The molecule has 1 saturated heterocycles. The minimum atomic E-state index is 0.631. The van der Waals surface area contributed by atoms with Gasteiger partial charge in [-0.2, -0.15) is 0 Å². The van der Waals surface area contributed by atoms with Crippen molar-refractivity contribution < 1.29 is 4.74 Å². The summed E-state index contributed by atoms with van der Waals surface area (Å²) in [6.45, 7) is 6.04. The molecule has 2 aromatic rings. The second kappa shape index (κ2) is 10.1. The minimum absolute atomic E-state index is 0.631. The normalized spacial score (nSPS) is 16.5. The average Bonchev–Trinajstić information content (AvgIpc) is 3.08. The van der Waals surface area contributed by atoms with Crippen molar-refractivity contribution in [2.24, 2.45) is 0 Å². The van der Waals surface area contributed by atoms with Crippen LogP contribution in [0.15, 0.2) is 54.6 Å². The third-order valence-corrected chi connectivity index (χ3v) is 3.79. The molecular formula is C21H29NO. The van der Waals surface area contributed by atoms with E-state index < -0.39 is 0 Å². The van der Waals surface area contributed by atoms with E-state index >= 15 is 0 Å². The summed E-state index contributed by atoms with van der Waals surface area (Å²) in [5.74, 6) is 0.962. The number of ether oxygens (including phenoxy) is 1. The molecule has 0 saturated carbocycles. The molecule has 1 unspecified atom stereocenters. The maximum absolute atomic E-state index is 5.88. The molecular weight excluding hydrogens is 282 g/mol. The lowest BCUT2D eigenvalue weighted by Gasteiger charge is -2.12. The highest BCUT2D eigenvalue weighted by molar-refractivity contribution is 5.29. The molecule has 1 aliphatic rings. The first-order chi connectivity index (χ1) is 11.3. The second-order valence-electron chi connectivity index (χ2n) is 6.13. The number of rotatable bonds is 5. The first-order valence-electron chi connectivity index (χ1n) is 8.80. The molecule has 1 fully saturated rings. The molecule has 0 amide bonds. The first kappa shape index (κ1) is 17.6. The monoisotopic (exact) mass is 311 g/mol. The number of benzene rings is 2. The molecule has 1 heterocycles. The fourth-order valence-corrected chi connectivity index (χ4v) is 2.72. The van der Waals surface area contributed by atoms with Crippen LogP contribution in [0.5, 0.6) is 5.75 Å². The van der Waals surface area contributed by atoms with E-state index in [1.807, 2.05) is 24.3 Å². The van der Waals surface area contributed by atoms with Crippen molar-refractivity contribution in [2.75, 3.05) is 6.54 Å². The number of nitrogens with one attached hydrogen (secondary N) is 1. The molecule has 124 valence electrons. The maximum atomic E-state index is 5.88. The Kier molecular flexibility index (Phi) is 7.68. The van der Waals surface area contributed by atoms with E-state index in [2.05, 4.69) is 49.5 Å². The maximum Gasteiger partial charge on any atom is 0.120 e. The summed E-state index contributed by atoms with van der Waals surface area (Å²) in [7, 11) is 0. The second-order valence-corrected chi connectivity index (χ2v) is 6.13. The zero-order chi connectivity index (χ0) is 16.3. The summed E-state index contributed by atoms with van der Waals surface area (Å²) in [4.78, 5) is 0. The summed E-state index contributed by atoms with van der Waals surface area (Å²) in [6, 6.07) is 19.4. The lowest BCUT2D eigenvalue weighted by Crippen LogP contribution is -2.23. The van der Waals surface area contributed by atoms with Gasteiger partial charge in [0.25, 0.3) is 0 Å². The molecule has 2 heteroatoms. The van der Waals surface area contributed by atoms with Gasteiger partial charge in [-0.05, 0) is 49.1 Å². The predicted molar refractivity (Wildman–Crippen MR) is 97.9 cm³/mol. The predicted octanol–water partition coefficient (Wildman–Crippen LogP) is 4.98. The molecule has 0 bridgehead atoms. The first-order valence-corrected chi connectivity index (χ1v) is 8.80. The Hall–Kier alpha value is -1.80. The van der Waals surface area contributed by atoms with Gasteiger partial charge in [-0.1, -0.05) is 62.7 Å². The zero-order valence-corrected chi connectivity index (χ0v) is 14.4. The van der Waals surface area contributed by atoms with Gasteiger partial charge >= 0.3 is 0 Å². The lowest BCUT2D eigenvalue weighted by atomic mass is 10.0. The van der Waals surface area contributed by atoms with Crippen molar-refractivity contribution in [3.8, 4) is 5.75 Å². The van der Waals surface area contributed by atoms with E-state index in [4.69, 9.17) is 4.74 Å². The largest absolute Gasteiger partial charge is 0.489 e. The molecule has 1 atom stereocenters. The molecule has 2 nitrogen and oxygen atoms in total. The fourth-order valence-electron chi connectivity index (χ4n) is 2.72. The highest BCUT2D eigenvalue weighted by Gasteiger charge is 2.14. The Bertz CT molecular complexity index is 547. The van der Waals surface area contributed by atoms with Gasteiger partial charge in [-0.25, -0.2) is 0 Å². The molecule has 0 aromatic heterocycles. The molecule has 1 aliphatic heterocycles. The van der Waals surface area contributed by atoms with Crippen LogP contribution in [0, 0.1) is 0 Å². The van der Waals surface area contributed by atoms with Crippen LogP contribution in [-0.2, 0) is 13.0 Å². The van der Waals surface area contributed by atoms with Crippen molar-refractivity contribution in [2.45, 2.75) is 52.2 Å². The minimum Gasteiger partial charge on any atom is -0.489 e. The van der Waals surface area contributed by atoms with E-state index in [1.54, 1.807) is 0 Å².